The lowest BCUT2D eigenvalue weighted by molar-refractivity contribution is 0.416. The lowest BCUT2D eigenvalue weighted by Gasteiger charge is -2.22. The zero-order chi connectivity index (χ0) is 13.9. The number of benzene rings is 1. The average molecular weight is 270 g/mol. The Hall–Kier alpha value is -1.74. The second-order valence-corrected chi connectivity index (χ2v) is 5.53. The Bertz CT molecular complexity index is 588. The van der Waals surface area contributed by atoms with Crippen molar-refractivity contribution in [3.63, 3.8) is 0 Å². The molecule has 0 amide bonds. The highest BCUT2D eigenvalue weighted by Gasteiger charge is 2.14. The van der Waals surface area contributed by atoms with Crippen LogP contribution in [0.4, 0.5) is 5.69 Å². The maximum Gasteiger partial charge on any atom is 0.120 e. The number of nitrogens with one attached hydrogen (secondary N) is 2. The molecule has 2 aromatic rings. The maximum absolute atomic E-state index is 5.67. The fraction of sp³-hybridized carbons (Fsp3) is 0.412. The predicted molar refractivity (Wildman–Crippen MR) is 82.0 cm³/mol. The van der Waals surface area contributed by atoms with Gasteiger partial charge < -0.3 is 15.1 Å². The molecule has 1 aromatic heterocycles. The molecule has 106 valence electrons. The molecule has 0 fully saturated rings. The van der Waals surface area contributed by atoms with E-state index in [0.717, 1.165) is 24.6 Å². The van der Waals surface area contributed by atoms with Gasteiger partial charge in [-0.25, -0.2) is 0 Å². The van der Waals surface area contributed by atoms with Gasteiger partial charge in [0.25, 0.3) is 0 Å². The molecule has 2 heterocycles. The van der Waals surface area contributed by atoms with Crippen molar-refractivity contribution in [3.05, 3.63) is 53.0 Å². The molecule has 1 aliphatic heterocycles. The van der Waals surface area contributed by atoms with E-state index in [1.54, 1.807) is 0 Å². The Morgan fingerprint density at radius 1 is 1.30 bits per heavy atom. The zero-order valence-corrected chi connectivity index (χ0v) is 12.2. The summed E-state index contributed by atoms with van der Waals surface area (Å²) >= 11 is 0. The fourth-order valence-corrected chi connectivity index (χ4v) is 2.78. The molecule has 3 rings (SSSR count). The van der Waals surface area contributed by atoms with Crippen LogP contribution in [0.15, 0.2) is 34.7 Å². The molecule has 0 bridgehead atoms. The summed E-state index contributed by atoms with van der Waals surface area (Å²) in [5, 5.41) is 7.08. The summed E-state index contributed by atoms with van der Waals surface area (Å²) in [6.45, 7) is 6.06. The number of furan rings is 1. The van der Waals surface area contributed by atoms with Gasteiger partial charge in [0.1, 0.15) is 11.5 Å². The van der Waals surface area contributed by atoms with E-state index in [0.29, 0.717) is 0 Å². The second kappa shape index (κ2) is 5.71. The standard InChI is InChI=1S/C17H22N2O/c1-12-8-9-16(20-12)13(2)19-11-15-6-3-5-14-7-4-10-18-17(14)15/h3,5-6,8-9,13,18-19H,4,7,10-11H2,1-2H3. The van der Waals surface area contributed by atoms with Crippen molar-refractivity contribution in [2.24, 2.45) is 0 Å². The maximum atomic E-state index is 5.67. The molecular weight excluding hydrogens is 248 g/mol. The summed E-state index contributed by atoms with van der Waals surface area (Å²) in [5.41, 5.74) is 4.11. The van der Waals surface area contributed by atoms with Gasteiger partial charge in [-0.3, -0.25) is 0 Å². The monoisotopic (exact) mass is 270 g/mol. The van der Waals surface area contributed by atoms with Crippen LogP contribution in [0.1, 0.15) is 42.0 Å². The van der Waals surface area contributed by atoms with Crippen molar-refractivity contribution in [2.75, 3.05) is 11.9 Å². The van der Waals surface area contributed by atoms with Crippen LogP contribution in [0.25, 0.3) is 0 Å². The predicted octanol–water partition coefficient (Wildman–Crippen LogP) is 3.80. The number of rotatable bonds is 4. The Morgan fingerprint density at radius 2 is 2.20 bits per heavy atom. The normalized spacial score (nSPS) is 15.5. The van der Waals surface area contributed by atoms with E-state index >= 15 is 0 Å². The van der Waals surface area contributed by atoms with Crippen molar-refractivity contribution >= 4 is 5.69 Å². The summed E-state index contributed by atoms with van der Waals surface area (Å²) in [6, 6.07) is 10.9. The second-order valence-electron chi connectivity index (χ2n) is 5.53. The summed E-state index contributed by atoms with van der Waals surface area (Å²) in [5.74, 6) is 1.97. The first-order chi connectivity index (χ1) is 9.74. The van der Waals surface area contributed by atoms with Gasteiger partial charge in [0.05, 0.1) is 6.04 Å². The molecule has 2 N–H and O–H groups in total. The number of hydrogen-bond donors (Lipinski definition) is 2. The largest absolute Gasteiger partial charge is 0.465 e. The topological polar surface area (TPSA) is 37.2 Å². The van der Waals surface area contributed by atoms with Crippen LogP contribution in [-0.2, 0) is 13.0 Å². The molecule has 1 atom stereocenters. The third kappa shape index (κ3) is 2.73. The quantitative estimate of drug-likeness (QED) is 0.887. The van der Waals surface area contributed by atoms with Gasteiger partial charge in [0.2, 0.25) is 0 Å². The summed E-state index contributed by atoms with van der Waals surface area (Å²) in [7, 11) is 0. The van der Waals surface area contributed by atoms with Crippen molar-refractivity contribution in [1.29, 1.82) is 0 Å². The first-order valence-corrected chi connectivity index (χ1v) is 7.38. The number of anilines is 1. The molecule has 3 heteroatoms. The molecule has 1 unspecified atom stereocenters. The van der Waals surface area contributed by atoms with Gasteiger partial charge in [-0.15, -0.1) is 0 Å². The molecule has 0 radical (unpaired) electrons. The third-order valence-corrected chi connectivity index (χ3v) is 3.95. The van der Waals surface area contributed by atoms with Crippen LogP contribution in [0.5, 0.6) is 0 Å². The van der Waals surface area contributed by atoms with E-state index in [1.807, 2.05) is 19.1 Å². The first-order valence-electron chi connectivity index (χ1n) is 7.38. The van der Waals surface area contributed by atoms with E-state index in [9.17, 15) is 0 Å². The average Bonchev–Trinajstić information content (AvgIpc) is 2.91. The molecule has 1 aliphatic rings. The van der Waals surface area contributed by atoms with E-state index < -0.39 is 0 Å². The van der Waals surface area contributed by atoms with Gasteiger partial charge in [-0.1, -0.05) is 18.2 Å². The highest BCUT2D eigenvalue weighted by atomic mass is 16.3. The lowest BCUT2D eigenvalue weighted by atomic mass is 9.99. The minimum atomic E-state index is 0.225. The van der Waals surface area contributed by atoms with Crippen LogP contribution in [-0.4, -0.2) is 6.54 Å². The van der Waals surface area contributed by atoms with Gasteiger partial charge >= 0.3 is 0 Å². The van der Waals surface area contributed by atoms with E-state index in [4.69, 9.17) is 4.42 Å². The smallest absolute Gasteiger partial charge is 0.120 e. The Morgan fingerprint density at radius 3 is 3.00 bits per heavy atom. The van der Waals surface area contributed by atoms with E-state index in [-0.39, 0.29) is 6.04 Å². The lowest BCUT2D eigenvalue weighted by Crippen LogP contribution is -2.20. The van der Waals surface area contributed by atoms with E-state index in [2.05, 4.69) is 35.8 Å². The Balaban J connectivity index is 1.69. The van der Waals surface area contributed by atoms with Crippen LogP contribution >= 0.6 is 0 Å². The minimum Gasteiger partial charge on any atom is -0.465 e. The van der Waals surface area contributed by atoms with Crippen molar-refractivity contribution in [3.8, 4) is 0 Å². The molecule has 0 spiro atoms. The van der Waals surface area contributed by atoms with Crippen molar-refractivity contribution in [1.82, 2.24) is 5.32 Å². The summed E-state index contributed by atoms with van der Waals surface area (Å²) in [6.07, 6.45) is 2.41. The number of aryl methyl sites for hydroxylation is 2. The van der Waals surface area contributed by atoms with Gasteiger partial charge in [0.15, 0.2) is 0 Å². The molecular formula is C17H22N2O. The van der Waals surface area contributed by atoms with Crippen LogP contribution in [0.3, 0.4) is 0 Å². The number of para-hydroxylation sites is 1. The van der Waals surface area contributed by atoms with Gasteiger partial charge in [-0.2, -0.15) is 0 Å². The zero-order valence-electron chi connectivity index (χ0n) is 12.2. The SMILES string of the molecule is Cc1ccc(C(C)NCc2cccc3c2NCCC3)o1. The Labute approximate surface area is 120 Å². The highest BCUT2D eigenvalue weighted by molar-refractivity contribution is 5.59. The molecule has 1 aromatic carbocycles. The number of hydrogen-bond acceptors (Lipinski definition) is 3. The molecule has 0 saturated heterocycles. The molecule has 3 nitrogen and oxygen atoms in total. The molecule has 20 heavy (non-hydrogen) atoms. The third-order valence-electron chi connectivity index (χ3n) is 3.95. The van der Waals surface area contributed by atoms with Crippen LogP contribution in [0.2, 0.25) is 0 Å². The fourth-order valence-electron chi connectivity index (χ4n) is 2.78. The Kier molecular flexibility index (Phi) is 3.79. The van der Waals surface area contributed by atoms with Crippen LogP contribution < -0.4 is 10.6 Å². The van der Waals surface area contributed by atoms with Crippen LogP contribution in [0, 0.1) is 6.92 Å². The summed E-state index contributed by atoms with van der Waals surface area (Å²) < 4.78 is 5.67. The van der Waals surface area contributed by atoms with E-state index in [1.165, 1.54) is 29.7 Å². The van der Waals surface area contributed by atoms with Gasteiger partial charge in [0, 0.05) is 18.8 Å². The number of fused-ring (bicyclic) bond motifs is 1. The molecule has 0 saturated carbocycles. The highest BCUT2D eigenvalue weighted by Crippen LogP contribution is 2.26. The van der Waals surface area contributed by atoms with Gasteiger partial charge in [-0.05, 0) is 49.9 Å². The van der Waals surface area contributed by atoms with Crippen molar-refractivity contribution in [2.45, 2.75) is 39.3 Å². The first kappa shape index (κ1) is 13.3. The minimum absolute atomic E-state index is 0.225. The summed E-state index contributed by atoms with van der Waals surface area (Å²) in [4.78, 5) is 0. The van der Waals surface area contributed by atoms with Crippen molar-refractivity contribution < 1.29 is 4.42 Å². The molecule has 0 aliphatic carbocycles.